The van der Waals surface area contributed by atoms with Crippen molar-refractivity contribution >= 4 is 38.8 Å². The molecule has 41 heavy (non-hydrogen) atoms. The molecule has 4 atom stereocenters. The Balaban J connectivity index is 1.51. The largest absolute Gasteiger partial charge is 0.393 e. The van der Waals surface area contributed by atoms with Crippen LogP contribution in [0, 0.1) is 18.6 Å². The van der Waals surface area contributed by atoms with Crippen molar-refractivity contribution in [2.45, 2.75) is 80.1 Å². The van der Waals surface area contributed by atoms with Crippen LogP contribution in [0.2, 0.25) is 0 Å². The molecule has 9 nitrogen and oxygen atoms in total. The highest BCUT2D eigenvalue weighted by Crippen LogP contribution is 2.49. The number of aryl methyl sites for hydroxylation is 1. The zero-order chi connectivity index (χ0) is 28.9. The molecular formula is C28H30F2N6O3S2. The molecule has 0 bridgehead atoms. The molecule has 2 aromatic carbocycles. The van der Waals surface area contributed by atoms with Gasteiger partial charge in [-0.2, -0.15) is 0 Å². The van der Waals surface area contributed by atoms with Gasteiger partial charge in [0.2, 0.25) is 0 Å². The number of anilines is 1. The molecule has 0 spiro atoms. The molecule has 2 aromatic heterocycles. The minimum Gasteiger partial charge on any atom is -0.393 e. The van der Waals surface area contributed by atoms with Gasteiger partial charge in [0.25, 0.3) is 10.0 Å². The molecule has 0 amide bonds. The van der Waals surface area contributed by atoms with E-state index in [4.69, 9.17) is 9.97 Å². The van der Waals surface area contributed by atoms with E-state index >= 15 is 0 Å². The summed E-state index contributed by atoms with van der Waals surface area (Å²) in [6.45, 7) is 3.90. The first-order valence-electron chi connectivity index (χ1n) is 13.7. The molecule has 216 valence electrons. The third kappa shape index (κ3) is 5.30. The zero-order valence-electron chi connectivity index (χ0n) is 22.6. The standard InChI is InChI=1S/C28H30F2N6O3S2/c1-3-12-40-28-31-26-25(33-34-35(26)18-7-8-19(37)14-18)27(32-28)36(41(38,39)20-9-4-16(2)5-10-20)24-15-21(24)17-6-11-22(29)23(30)13-17/h4-6,9-11,13,18-19,21,24,37H,3,7-8,12,14-15H2,1-2H3/t18-,19+,21-,24+/m0/s1. The SMILES string of the molecule is CCCSc1nc(N([C@@H]2C[C@H]2c2ccc(F)c(F)c2)S(=O)(=O)c2ccc(C)cc2)c2nnn([C@H]3CC[C@@H](O)C3)c2n1. The van der Waals surface area contributed by atoms with Gasteiger partial charge >= 0.3 is 0 Å². The third-order valence-corrected chi connectivity index (χ3v) is 10.5. The van der Waals surface area contributed by atoms with E-state index in [1.165, 1.54) is 22.1 Å². The lowest BCUT2D eigenvalue weighted by Gasteiger charge is -2.25. The van der Waals surface area contributed by atoms with Crippen molar-refractivity contribution in [1.82, 2.24) is 25.0 Å². The van der Waals surface area contributed by atoms with E-state index in [0.717, 1.165) is 29.9 Å². The number of aliphatic hydroxyl groups is 1. The van der Waals surface area contributed by atoms with Gasteiger partial charge in [-0.3, -0.25) is 0 Å². The fourth-order valence-electron chi connectivity index (χ4n) is 5.43. The Morgan fingerprint density at radius 2 is 1.85 bits per heavy atom. The maximum atomic E-state index is 14.3. The number of rotatable bonds is 9. The maximum Gasteiger partial charge on any atom is 0.265 e. The maximum absolute atomic E-state index is 14.3. The van der Waals surface area contributed by atoms with Crippen molar-refractivity contribution in [2.75, 3.05) is 10.1 Å². The highest BCUT2D eigenvalue weighted by molar-refractivity contribution is 7.99. The van der Waals surface area contributed by atoms with Crippen LogP contribution in [0.4, 0.5) is 14.6 Å². The summed E-state index contributed by atoms with van der Waals surface area (Å²) < 4.78 is 59.4. The van der Waals surface area contributed by atoms with Crippen molar-refractivity contribution in [2.24, 2.45) is 0 Å². The zero-order valence-corrected chi connectivity index (χ0v) is 24.2. The molecule has 2 saturated carbocycles. The predicted molar refractivity (Wildman–Crippen MR) is 151 cm³/mol. The summed E-state index contributed by atoms with van der Waals surface area (Å²) in [5.74, 6) is -1.49. The minimum atomic E-state index is -4.17. The Morgan fingerprint density at radius 3 is 2.54 bits per heavy atom. The number of halogens is 2. The number of thioether (sulfide) groups is 1. The summed E-state index contributed by atoms with van der Waals surface area (Å²) in [5.41, 5.74) is 2.05. The Kier molecular flexibility index (Phi) is 7.45. The van der Waals surface area contributed by atoms with Crippen LogP contribution >= 0.6 is 11.8 Å². The third-order valence-electron chi connectivity index (χ3n) is 7.66. The van der Waals surface area contributed by atoms with Crippen LogP contribution in [0.1, 0.15) is 62.1 Å². The van der Waals surface area contributed by atoms with E-state index in [-0.39, 0.29) is 28.2 Å². The first-order valence-corrected chi connectivity index (χ1v) is 16.1. The Morgan fingerprint density at radius 1 is 1.07 bits per heavy atom. The molecular weight excluding hydrogens is 570 g/mol. The van der Waals surface area contributed by atoms with E-state index in [0.29, 0.717) is 42.1 Å². The van der Waals surface area contributed by atoms with Gasteiger partial charge in [-0.15, -0.1) is 5.10 Å². The topological polar surface area (TPSA) is 114 Å². The fourth-order valence-corrected chi connectivity index (χ4v) is 7.77. The number of aromatic nitrogens is 5. The van der Waals surface area contributed by atoms with Crippen LogP contribution in [0.15, 0.2) is 52.5 Å². The Hall–Kier alpha value is -3.16. The van der Waals surface area contributed by atoms with E-state index in [9.17, 15) is 22.3 Å². The lowest BCUT2D eigenvalue weighted by molar-refractivity contribution is 0.177. The molecule has 0 saturated heterocycles. The first kappa shape index (κ1) is 28.0. The van der Waals surface area contributed by atoms with Crippen LogP contribution in [-0.4, -0.2) is 56.4 Å². The molecule has 1 N–H and O–H groups in total. The van der Waals surface area contributed by atoms with Crippen molar-refractivity contribution in [3.8, 4) is 0 Å². The molecule has 6 rings (SSSR count). The number of hydrogen-bond donors (Lipinski definition) is 1. The summed E-state index contributed by atoms with van der Waals surface area (Å²) in [6.07, 6.45) is 2.63. The molecule has 0 radical (unpaired) electrons. The van der Waals surface area contributed by atoms with Crippen molar-refractivity contribution in [1.29, 1.82) is 0 Å². The van der Waals surface area contributed by atoms with Crippen LogP contribution in [-0.2, 0) is 10.0 Å². The van der Waals surface area contributed by atoms with Gasteiger partial charge in [-0.25, -0.2) is 36.2 Å². The van der Waals surface area contributed by atoms with Crippen LogP contribution in [0.5, 0.6) is 0 Å². The second-order valence-corrected chi connectivity index (χ2v) is 13.6. The molecule has 13 heteroatoms. The molecule has 2 heterocycles. The predicted octanol–water partition coefficient (Wildman–Crippen LogP) is 5.15. The van der Waals surface area contributed by atoms with Gasteiger partial charge in [-0.05, 0) is 68.9 Å². The van der Waals surface area contributed by atoms with E-state index in [2.05, 4.69) is 10.3 Å². The Bertz CT molecular complexity index is 1700. The van der Waals surface area contributed by atoms with Gasteiger partial charge < -0.3 is 5.11 Å². The molecule has 0 aliphatic heterocycles. The second-order valence-electron chi connectivity index (χ2n) is 10.7. The minimum absolute atomic E-state index is 0.0832. The van der Waals surface area contributed by atoms with Crippen molar-refractivity contribution in [3.05, 3.63) is 65.2 Å². The summed E-state index contributed by atoms with van der Waals surface area (Å²) in [4.78, 5) is 9.53. The lowest BCUT2D eigenvalue weighted by Crippen LogP contribution is -2.35. The normalized spacial score (nSPS) is 22.4. The van der Waals surface area contributed by atoms with Crippen molar-refractivity contribution in [3.63, 3.8) is 0 Å². The number of aliphatic hydroxyl groups excluding tert-OH is 1. The summed E-state index contributed by atoms with van der Waals surface area (Å²) in [7, 11) is -4.17. The summed E-state index contributed by atoms with van der Waals surface area (Å²) in [5, 5.41) is 19.3. The van der Waals surface area contributed by atoms with Gasteiger partial charge in [0.15, 0.2) is 33.8 Å². The van der Waals surface area contributed by atoms with Crippen molar-refractivity contribution < 1.29 is 22.3 Å². The number of nitrogens with zero attached hydrogens (tertiary/aromatic N) is 6. The van der Waals surface area contributed by atoms with Crippen LogP contribution in [0.25, 0.3) is 11.2 Å². The van der Waals surface area contributed by atoms with Gasteiger partial charge in [0, 0.05) is 11.7 Å². The summed E-state index contributed by atoms with van der Waals surface area (Å²) in [6, 6.07) is 9.49. The van der Waals surface area contributed by atoms with E-state index in [1.807, 2.05) is 13.8 Å². The molecule has 2 aliphatic rings. The fraction of sp³-hybridized carbons (Fsp3) is 0.429. The molecule has 2 fully saturated rings. The highest BCUT2D eigenvalue weighted by atomic mass is 32.2. The average molecular weight is 601 g/mol. The quantitative estimate of drug-likeness (QED) is 0.207. The number of sulfonamides is 1. The lowest BCUT2D eigenvalue weighted by atomic mass is 10.1. The Labute approximate surface area is 241 Å². The molecule has 0 unspecified atom stereocenters. The van der Waals surface area contributed by atoms with Gasteiger partial charge in [0.05, 0.1) is 23.1 Å². The highest BCUT2D eigenvalue weighted by Gasteiger charge is 2.50. The molecule has 4 aromatic rings. The van der Waals surface area contributed by atoms with Crippen LogP contribution in [0.3, 0.4) is 0 Å². The molecule has 2 aliphatic carbocycles. The van der Waals surface area contributed by atoms with E-state index in [1.54, 1.807) is 28.9 Å². The van der Waals surface area contributed by atoms with Gasteiger partial charge in [-0.1, -0.05) is 47.7 Å². The second kappa shape index (κ2) is 10.9. The number of benzene rings is 2. The smallest absolute Gasteiger partial charge is 0.265 e. The first-order chi connectivity index (χ1) is 19.7. The van der Waals surface area contributed by atoms with Gasteiger partial charge in [0.1, 0.15) is 0 Å². The van der Waals surface area contributed by atoms with E-state index < -0.39 is 33.8 Å². The monoisotopic (exact) mass is 600 g/mol. The number of fused-ring (bicyclic) bond motifs is 1. The summed E-state index contributed by atoms with van der Waals surface area (Å²) >= 11 is 1.41. The number of hydrogen-bond acceptors (Lipinski definition) is 8. The van der Waals surface area contributed by atoms with Crippen LogP contribution < -0.4 is 4.31 Å². The average Bonchev–Trinajstić information content (AvgIpc) is 3.39.